The SMILES string of the molecule is O=C(CN1CCCC1)Nc1ccc(NC(=O)Nc2ccc(N(CCCl)CCCl)cc2)cc1. The van der Waals surface area contributed by atoms with E-state index in [4.69, 9.17) is 23.2 Å². The fourth-order valence-electron chi connectivity index (χ4n) is 3.60. The Labute approximate surface area is 199 Å². The molecule has 3 rings (SSSR count). The normalized spacial score (nSPS) is 13.6. The fourth-order valence-corrected chi connectivity index (χ4v) is 4.01. The van der Waals surface area contributed by atoms with Gasteiger partial charge in [-0.05, 0) is 74.5 Å². The molecule has 9 heteroatoms. The third-order valence-corrected chi connectivity index (χ3v) is 5.53. The lowest BCUT2D eigenvalue weighted by Gasteiger charge is -2.23. The first-order valence-corrected chi connectivity index (χ1v) is 11.8. The van der Waals surface area contributed by atoms with Crippen molar-refractivity contribution in [2.45, 2.75) is 12.8 Å². The maximum absolute atomic E-state index is 12.3. The van der Waals surface area contributed by atoms with E-state index < -0.39 is 0 Å². The lowest BCUT2D eigenvalue weighted by molar-refractivity contribution is -0.117. The lowest BCUT2D eigenvalue weighted by Crippen LogP contribution is -2.30. The zero-order chi connectivity index (χ0) is 22.8. The highest BCUT2D eigenvalue weighted by atomic mass is 35.5. The first-order chi connectivity index (χ1) is 15.6. The van der Waals surface area contributed by atoms with Crippen LogP contribution in [-0.2, 0) is 4.79 Å². The van der Waals surface area contributed by atoms with Crippen molar-refractivity contribution in [1.82, 2.24) is 4.90 Å². The van der Waals surface area contributed by atoms with Crippen LogP contribution in [0.4, 0.5) is 27.5 Å². The zero-order valence-electron chi connectivity index (χ0n) is 17.9. The van der Waals surface area contributed by atoms with Crippen LogP contribution in [0.2, 0.25) is 0 Å². The Hall–Kier alpha value is -2.48. The van der Waals surface area contributed by atoms with E-state index in [1.54, 1.807) is 24.3 Å². The third-order valence-electron chi connectivity index (χ3n) is 5.19. The van der Waals surface area contributed by atoms with Crippen LogP contribution in [-0.4, -0.2) is 61.3 Å². The number of hydrogen-bond donors (Lipinski definition) is 3. The molecule has 1 aliphatic rings. The van der Waals surface area contributed by atoms with Crippen molar-refractivity contribution in [3.63, 3.8) is 0 Å². The van der Waals surface area contributed by atoms with Gasteiger partial charge in [0.15, 0.2) is 0 Å². The summed E-state index contributed by atoms with van der Waals surface area (Å²) in [5.41, 5.74) is 3.01. The summed E-state index contributed by atoms with van der Waals surface area (Å²) in [5.74, 6) is 1.00. The number of benzene rings is 2. The summed E-state index contributed by atoms with van der Waals surface area (Å²) >= 11 is 11.7. The summed E-state index contributed by atoms with van der Waals surface area (Å²) in [6.07, 6.45) is 2.31. The molecule has 0 spiro atoms. The van der Waals surface area contributed by atoms with E-state index in [9.17, 15) is 9.59 Å². The number of anilines is 4. The standard InChI is InChI=1S/C23H29Cl2N5O2/c24-11-15-30(16-12-25)21-9-7-20(8-10-21)28-23(32)27-19-5-3-18(4-6-19)26-22(31)17-29-13-1-2-14-29/h3-10H,1-2,11-17H2,(H,26,31)(H2,27,28,32). The van der Waals surface area contributed by atoms with Gasteiger partial charge < -0.3 is 20.9 Å². The minimum absolute atomic E-state index is 0.0236. The predicted molar refractivity (Wildman–Crippen MR) is 133 cm³/mol. The van der Waals surface area contributed by atoms with Crippen LogP contribution in [0.3, 0.4) is 0 Å². The molecule has 32 heavy (non-hydrogen) atoms. The molecule has 1 aliphatic heterocycles. The molecule has 7 nitrogen and oxygen atoms in total. The molecular formula is C23H29Cl2N5O2. The Balaban J connectivity index is 1.47. The lowest BCUT2D eigenvalue weighted by atomic mass is 10.2. The van der Waals surface area contributed by atoms with E-state index >= 15 is 0 Å². The van der Waals surface area contributed by atoms with Crippen molar-refractivity contribution in [1.29, 1.82) is 0 Å². The summed E-state index contributed by atoms with van der Waals surface area (Å²) in [7, 11) is 0. The number of carbonyl (C=O) groups is 2. The van der Waals surface area contributed by atoms with Crippen molar-refractivity contribution in [2.75, 3.05) is 65.3 Å². The van der Waals surface area contributed by atoms with E-state index in [-0.39, 0.29) is 11.9 Å². The molecule has 0 bridgehead atoms. The maximum Gasteiger partial charge on any atom is 0.323 e. The van der Waals surface area contributed by atoms with E-state index in [2.05, 4.69) is 25.8 Å². The van der Waals surface area contributed by atoms with Crippen LogP contribution in [0, 0.1) is 0 Å². The zero-order valence-corrected chi connectivity index (χ0v) is 19.5. The van der Waals surface area contributed by atoms with E-state index in [0.29, 0.717) is 48.5 Å². The molecule has 0 aromatic heterocycles. The van der Waals surface area contributed by atoms with Crippen molar-refractivity contribution in [3.8, 4) is 0 Å². The van der Waals surface area contributed by atoms with E-state index in [1.807, 2.05) is 24.3 Å². The molecule has 1 heterocycles. The molecule has 1 saturated heterocycles. The fraction of sp³-hybridized carbons (Fsp3) is 0.391. The van der Waals surface area contributed by atoms with Crippen LogP contribution in [0.5, 0.6) is 0 Å². The smallest absolute Gasteiger partial charge is 0.323 e. The highest BCUT2D eigenvalue weighted by Gasteiger charge is 2.15. The van der Waals surface area contributed by atoms with Gasteiger partial charge in [0.1, 0.15) is 0 Å². The number of halogens is 2. The van der Waals surface area contributed by atoms with Crippen molar-refractivity contribution in [2.24, 2.45) is 0 Å². The number of amides is 3. The highest BCUT2D eigenvalue weighted by Crippen LogP contribution is 2.19. The van der Waals surface area contributed by atoms with Crippen LogP contribution in [0.1, 0.15) is 12.8 Å². The van der Waals surface area contributed by atoms with Gasteiger partial charge in [-0.3, -0.25) is 9.69 Å². The first kappa shape index (κ1) is 24.2. The second kappa shape index (κ2) is 12.5. The average molecular weight is 478 g/mol. The van der Waals surface area contributed by atoms with Gasteiger partial charge in [-0.25, -0.2) is 4.79 Å². The number of likely N-dealkylation sites (tertiary alicyclic amines) is 1. The molecule has 0 aliphatic carbocycles. The maximum atomic E-state index is 12.3. The van der Waals surface area contributed by atoms with E-state index in [1.165, 1.54) is 0 Å². The average Bonchev–Trinajstić information content (AvgIpc) is 3.28. The molecule has 2 aromatic carbocycles. The Kier molecular flexibility index (Phi) is 9.46. The van der Waals surface area contributed by atoms with Gasteiger partial charge in [-0.15, -0.1) is 23.2 Å². The molecule has 0 saturated carbocycles. The summed E-state index contributed by atoms with van der Waals surface area (Å²) in [6.45, 7) is 3.78. The van der Waals surface area contributed by atoms with Crippen molar-refractivity contribution in [3.05, 3.63) is 48.5 Å². The van der Waals surface area contributed by atoms with Gasteiger partial charge in [0.2, 0.25) is 5.91 Å². The van der Waals surface area contributed by atoms with Gasteiger partial charge in [0, 0.05) is 47.6 Å². The first-order valence-electron chi connectivity index (χ1n) is 10.7. The number of nitrogens with zero attached hydrogens (tertiary/aromatic N) is 2. The van der Waals surface area contributed by atoms with Crippen molar-refractivity contribution >= 4 is 57.9 Å². The number of rotatable bonds is 10. The number of hydrogen-bond acceptors (Lipinski definition) is 4. The molecule has 2 aromatic rings. The van der Waals surface area contributed by atoms with Gasteiger partial charge in [0.25, 0.3) is 0 Å². The molecule has 1 fully saturated rings. The molecule has 3 amide bonds. The summed E-state index contributed by atoms with van der Waals surface area (Å²) in [5, 5.41) is 8.50. The Bertz CT molecular complexity index is 865. The van der Waals surface area contributed by atoms with Gasteiger partial charge >= 0.3 is 6.03 Å². The second-order valence-electron chi connectivity index (χ2n) is 7.60. The third kappa shape index (κ3) is 7.58. The predicted octanol–water partition coefficient (Wildman–Crippen LogP) is 4.65. The van der Waals surface area contributed by atoms with Crippen LogP contribution in [0.15, 0.2) is 48.5 Å². The largest absolute Gasteiger partial charge is 0.369 e. The summed E-state index contributed by atoms with van der Waals surface area (Å²) in [4.78, 5) is 28.7. The Morgan fingerprint density at radius 1 is 0.781 bits per heavy atom. The summed E-state index contributed by atoms with van der Waals surface area (Å²) in [6, 6.07) is 14.2. The second-order valence-corrected chi connectivity index (χ2v) is 8.36. The molecule has 0 atom stereocenters. The number of carbonyl (C=O) groups excluding carboxylic acids is 2. The minimum Gasteiger partial charge on any atom is -0.369 e. The van der Waals surface area contributed by atoms with Gasteiger partial charge in [0.05, 0.1) is 6.54 Å². The molecule has 3 N–H and O–H groups in total. The van der Waals surface area contributed by atoms with Crippen LogP contribution < -0.4 is 20.9 Å². The highest BCUT2D eigenvalue weighted by molar-refractivity contribution is 6.18. The summed E-state index contributed by atoms with van der Waals surface area (Å²) < 4.78 is 0. The van der Waals surface area contributed by atoms with Crippen LogP contribution in [0.25, 0.3) is 0 Å². The number of nitrogens with one attached hydrogen (secondary N) is 3. The Morgan fingerprint density at radius 3 is 1.75 bits per heavy atom. The quantitative estimate of drug-likeness (QED) is 0.435. The van der Waals surface area contributed by atoms with Crippen LogP contribution >= 0.6 is 23.2 Å². The topological polar surface area (TPSA) is 76.7 Å². The molecule has 172 valence electrons. The van der Waals surface area contributed by atoms with Gasteiger partial charge in [-0.2, -0.15) is 0 Å². The van der Waals surface area contributed by atoms with Crippen molar-refractivity contribution < 1.29 is 9.59 Å². The number of alkyl halides is 2. The number of urea groups is 1. The molecule has 0 radical (unpaired) electrons. The monoisotopic (exact) mass is 477 g/mol. The Morgan fingerprint density at radius 2 is 1.25 bits per heavy atom. The molecular weight excluding hydrogens is 449 g/mol. The van der Waals surface area contributed by atoms with Gasteiger partial charge in [-0.1, -0.05) is 0 Å². The molecule has 0 unspecified atom stereocenters. The minimum atomic E-state index is -0.345. The van der Waals surface area contributed by atoms with E-state index in [0.717, 1.165) is 31.6 Å².